The van der Waals surface area contributed by atoms with Crippen LogP contribution in [0, 0.1) is 0 Å². The molecule has 0 saturated carbocycles. The third-order valence-electron chi connectivity index (χ3n) is 2.77. The maximum absolute atomic E-state index is 11.6. The third-order valence-corrected chi connectivity index (χ3v) is 2.77. The van der Waals surface area contributed by atoms with E-state index < -0.39 is 0 Å². The van der Waals surface area contributed by atoms with Gasteiger partial charge in [-0.1, -0.05) is 12.1 Å². The first-order valence-corrected chi connectivity index (χ1v) is 7.02. The molecule has 20 heavy (non-hydrogen) atoms. The van der Waals surface area contributed by atoms with Gasteiger partial charge in [-0.15, -0.1) is 0 Å². The highest BCUT2D eigenvalue weighted by atomic mass is 16.3. The average Bonchev–Trinajstić information content (AvgIpc) is 2.36. The standard InChI is InChI=1S/C15H25N3O2/c1-11(2)17-14-6-4-5-13(9-14)10-16-15(20)18-12(3)7-8-19/h4-6,9,11-12,17,19H,7-8,10H2,1-3H3,(H2,16,18,20)/t12-/m1/s1. The lowest BCUT2D eigenvalue weighted by molar-refractivity contribution is 0.230. The van der Waals surface area contributed by atoms with Crippen molar-refractivity contribution in [2.45, 2.75) is 45.8 Å². The van der Waals surface area contributed by atoms with Crippen LogP contribution in [0.1, 0.15) is 32.8 Å². The summed E-state index contributed by atoms with van der Waals surface area (Å²) >= 11 is 0. The number of amides is 2. The number of rotatable bonds is 7. The van der Waals surface area contributed by atoms with Gasteiger partial charge in [0.2, 0.25) is 0 Å². The largest absolute Gasteiger partial charge is 0.396 e. The van der Waals surface area contributed by atoms with Gasteiger partial charge in [-0.25, -0.2) is 4.79 Å². The van der Waals surface area contributed by atoms with Crippen LogP contribution >= 0.6 is 0 Å². The van der Waals surface area contributed by atoms with Crippen LogP contribution in [-0.4, -0.2) is 29.8 Å². The highest BCUT2D eigenvalue weighted by molar-refractivity contribution is 5.74. The first kappa shape index (κ1) is 16.3. The van der Waals surface area contributed by atoms with Crippen molar-refractivity contribution in [2.24, 2.45) is 0 Å². The number of carbonyl (C=O) groups excluding carboxylic acids is 1. The van der Waals surface area contributed by atoms with Crippen LogP contribution in [0.3, 0.4) is 0 Å². The predicted octanol–water partition coefficient (Wildman–Crippen LogP) is 2.08. The Labute approximate surface area is 120 Å². The maximum Gasteiger partial charge on any atom is 0.315 e. The Bertz CT molecular complexity index is 421. The second kappa shape index (κ2) is 8.43. The SMILES string of the molecule is CC(C)Nc1cccc(CNC(=O)N[C@H](C)CCO)c1. The molecule has 0 fully saturated rings. The van der Waals surface area contributed by atoms with Crippen LogP contribution in [0.15, 0.2) is 24.3 Å². The van der Waals surface area contributed by atoms with E-state index in [9.17, 15) is 4.79 Å². The number of benzene rings is 1. The first-order chi connectivity index (χ1) is 9.51. The highest BCUT2D eigenvalue weighted by Gasteiger charge is 2.06. The summed E-state index contributed by atoms with van der Waals surface area (Å²) in [4.78, 5) is 11.6. The van der Waals surface area contributed by atoms with E-state index in [-0.39, 0.29) is 18.7 Å². The number of hydrogen-bond donors (Lipinski definition) is 4. The quantitative estimate of drug-likeness (QED) is 0.617. The number of aliphatic hydroxyl groups excluding tert-OH is 1. The lowest BCUT2D eigenvalue weighted by Gasteiger charge is -2.14. The van der Waals surface area contributed by atoms with Crippen LogP contribution in [0.4, 0.5) is 10.5 Å². The van der Waals surface area contributed by atoms with E-state index in [1.165, 1.54) is 0 Å². The molecule has 1 rings (SSSR count). The smallest absolute Gasteiger partial charge is 0.315 e. The number of nitrogens with one attached hydrogen (secondary N) is 3. The minimum Gasteiger partial charge on any atom is -0.396 e. The zero-order valence-electron chi connectivity index (χ0n) is 12.4. The monoisotopic (exact) mass is 279 g/mol. The average molecular weight is 279 g/mol. The van der Waals surface area contributed by atoms with Crippen molar-refractivity contribution in [1.82, 2.24) is 10.6 Å². The van der Waals surface area contributed by atoms with E-state index in [2.05, 4.69) is 29.8 Å². The molecule has 0 heterocycles. The van der Waals surface area contributed by atoms with Gasteiger partial charge in [0, 0.05) is 30.9 Å². The summed E-state index contributed by atoms with van der Waals surface area (Å²) in [5.74, 6) is 0. The molecular formula is C15H25N3O2. The topological polar surface area (TPSA) is 73.4 Å². The van der Waals surface area contributed by atoms with Gasteiger partial charge in [0.05, 0.1) is 0 Å². The molecule has 1 aromatic rings. The molecule has 0 aliphatic heterocycles. The summed E-state index contributed by atoms with van der Waals surface area (Å²) in [6.45, 7) is 6.58. The number of urea groups is 1. The van der Waals surface area contributed by atoms with Gasteiger partial charge < -0.3 is 21.1 Å². The van der Waals surface area contributed by atoms with Gasteiger partial charge in [-0.05, 0) is 44.9 Å². The zero-order valence-corrected chi connectivity index (χ0v) is 12.4. The van der Waals surface area contributed by atoms with Crippen molar-refractivity contribution in [3.63, 3.8) is 0 Å². The Kier molecular flexibility index (Phi) is 6.87. The minimum absolute atomic E-state index is 0.0334. The van der Waals surface area contributed by atoms with E-state index in [0.29, 0.717) is 19.0 Å². The number of aliphatic hydroxyl groups is 1. The van der Waals surface area contributed by atoms with Crippen LogP contribution in [0.2, 0.25) is 0 Å². The lowest BCUT2D eigenvalue weighted by atomic mass is 10.2. The van der Waals surface area contributed by atoms with Crippen LogP contribution in [0.25, 0.3) is 0 Å². The molecule has 0 bridgehead atoms. The fraction of sp³-hybridized carbons (Fsp3) is 0.533. The summed E-state index contributed by atoms with van der Waals surface area (Å²) in [6, 6.07) is 8.10. The first-order valence-electron chi connectivity index (χ1n) is 7.02. The molecule has 1 atom stereocenters. The van der Waals surface area contributed by atoms with Gasteiger partial charge in [-0.3, -0.25) is 0 Å². The molecule has 0 aliphatic rings. The molecule has 2 amide bonds. The van der Waals surface area contributed by atoms with E-state index in [4.69, 9.17) is 5.11 Å². The Morgan fingerprint density at radius 2 is 2.05 bits per heavy atom. The van der Waals surface area contributed by atoms with Crippen molar-refractivity contribution < 1.29 is 9.90 Å². The van der Waals surface area contributed by atoms with Crippen molar-refractivity contribution in [2.75, 3.05) is 11.9 Å². The number of anilines is 1. The molecule has 5 heteroatoms. The second-order valence-electron chi connectivity index (χ2n) is 5.24. The van der Waals surface area contributed by atoms with Crippen molar-refractivity contribution in [3.8, 4) is 0 Å². The van der Waals surface area contributed by atoms with Gasteiger partial charge in [0.1, 0.15) is 0 Å². The number of carbonyl (C=O) groups is 1. The summed E-state index contributed by atoms with van der Waals surface area (Å²) in [5, 5.41) is 17.7. The van der Waals surface area contributed by atoms with Crippen molar-refractivity contribution in [1.29, 1.82) is 0 Å². The Morgan fingerprint density at radius 1 is 1.30 bits per heavy atom. The molecule has 1 aromatic carbocycles. The fourth-order valence-electron chi connectivity index (χ4n) is 1.83. The number of hydrogen-bond acceptors (Lipinski definition) is 3. The van der Waals surface area contributed by atoms with Crippen molar-refractivity contribution in [3.05, 3.63) is 29.8 Å². The molecule has 0 aliphatic carbocycles. The molecule has 0 radical (unpaired) electrons. The molecule has 4 N–H and O–H groups in total. The van der Waals surface area contributed by atoms with E-state index in [0.717, 1.165) is 11.3 Å². The molecular weight excluding hydrogens is 254 g/mol. The third kappa shape index (κ3) is 6.43. The van der Waals surface area contributed by atoms with Gasteiger partial charge in [0.25, 0.3) is 0 Å². The zero-order chi connectivity index (χ0) is 15.0. The highest BCUT2D eigenvalue weighted by Crippen LogP contribution is 2.11. The molecule has 5 nitrogen and oxygen atoms in total. The summed E-state index contributed by atoms with van der Waals surface area (Å²) in [5.41, 5.74) is 2.09. The van der Waals surface area contributed by atoms with Crippen LogP contribution in [0.5, 0.6) is 0 Å². The van der Waals surface area contributed by atoms with E-state index in [1.807, 2.05) is 31.2 Å². The molecule has 0 unspecified atom stereocenters. The van der Waals surface area contributed by atoms with Crippen LogP contribution < -0.4 is 16.0 Å². The van der Waals surface area contributed by atoms with E-state index in [1.54, 1.807) is 0 Å². The van der Waals surface area contributed by atoms with Gasteiger partial charge >= 0.3 is 6.03 Å². The molecule has 0 spiro atoms. The second-order valence-corrected chi connectivity index (χ2v) is 5.24. The fourth-order valence-corrected chi connectivity index (χ4v) is 1.83. The van der Waals surface area contributed by atoms with Gasteiger partial charge in [-0.2, -0.15) is 0 Å². The Morgan fingerprint density at radius 3 is 2.70 bits per heavy atom. The maximum atomic E-state index is 11.6. The molecule has 112 valence electrons. The van der Waals surface area contributed by atoms with Crippen molar-refractivity contribution >= 4 is 11.7 Å². The normalized spacial score (nSPS) is 12.1. The summed E-state index contributed by atoms with van der Waals surface area (Å²) < 4.78 is 0. The minimum atomic E-state index is -0.215. The summed E-state index contributed by atoms with van der Waals surface area (Å²) in [7, 11) is 0. The van der Waals surface area contributed by atoms with E-state index >= 15 is 0 Å². The molecule has 0 aromatic heterocycles. The molecule has 0 saturated heterocycles. The van der Waals surface area contributed by atoms with Gasteiger partial charge in [0.15, 0.2) is 0 Å². The predicted molar refractivity (Wildman–Crippen MR) is 81.7 cm³/mol. The summed E-state index contributed by atoms with van der Waals surface area (Å²) in [6.07, 6.45) is 0.557. The van der Waals surface area contributed by atoms with Crippen LogP contribution in [-0.2, 0) is 6.54 Å². The Balaban J connectivity index is 2.43. The lowest BCUT2D eigenvalue weighted by Crippen LogP contribution is -2.40. The Hall–Kier alpha value is -1.75.